The Bertz CT molecular complexity index is 461. The first-order valence-electron chi connectivity index (χ1n) is 8.84. The number of piperidine rings is 1. The molecule has 3 heterocycles. The highest BCUT2D eigenvalue weighted by atomic mass is 16.5. The normalized spacial score (nSPS) is 28.1. The fraction of sp³-hybridized carbons (Fsp3) is 0.824. The zero-order valence-corrected chi connectivity index (χ0v) is 14.1. The van der Waals surface area contributed by atoms with Crippen molar-refractivity contribution in [3.63, 3.8) is 0 Å². The Morgan fingerprint density at radius 3 is 2.82 bits per heavy atom. The third-order valence-electron chi connectivity index (χ3n) is 5.00. The van der Waals surface area contributed by atoms with Gasteiger partial charge in [0.1, 0.15) is 5.82 Å². The standard InChI is InChI=1S/C17H30N4O/c1-3-17-18-6-8-21(17)16-5-4-7-19(14-16)9-10-20-11-12-22-15(2)13-20/h6,8,15-16H,3-5,7,9-14H2,1-2H3. The summed E-state index contributed by atoms with van der Waals surface area (Å²) in [6, 6.07) is 0.606. The lowest BCUT2D eigenvalue weighted by Crippen LogP contribution is -2.46. The maximum Gasteiger partial charge on any atom is 0.108 e. The van der Waals surface area contributed by atoms with Gasteiger partial charge in [-0.2, -0.15) is 0 Å². The fourth-order valence-corrected chi connectivity index (χ4v) is 3.79. The largest absolute Gasteiger partial charge is 0.376 e. The molecule has 2 atom stereocenters. The van der Waals surface area contributed by atoms with Gasteiger partial charge in [-0.3, -0.25) is 4.90 Å². The van der Waals surface area contributed by atoms with Crippen LogP contribution >= 0.6 is 0 Å². The molecule has 0 amide bonds. The molecule has 0 bridgehead atoms. The maximum atomic E-state index is 5.63. The first kappa shape index (κ1) is 16.0. The highest BCUT2D eigenvalue weighted by molar-refractivity contribution is 4.96. The van der Waals surface area contributed by atoms with E-state index in [4.69, 9.17) is 4.74 Å². The Kier molecular flexibility index (Phi) is 5.50. The molecule has 0 N–H and O–H groups in total. The molecule has 0 spiro atoms. The minimum Gasteiger partial charge on any atom is -0.376 e. The van der Waals surface area contributed by atoms with Crippen molar-refractivity contribution in [1.29, 1.82) is 0 Å². The van der Waals surface area contributed by atoms with Crippen LogP contribution in [0.15, 0.2) is 12.4 Å². The molecule has 2 aliphatic heterocycles. The molecule has 2 fully saturated rings. The molecule has 2 aliphatic rings. The van der Waals surface area contributed by atoms with Crippen molar-refractivity contribution in [1.82, 2.24) is 19.4 Å². The predicted molar refractivity (Wildman–Crippen MR) is 88.2 cm³/mol. The molecule has 0 aromatic carbocycles. The summed E-state index contributed by atoms with van der Waals surface area (Å²) >= 11 is 0. The second-order valence-corrected chi connectivity index (χ2v) is 6.68. The number of ether oxygens (including phenoxy) is 1. The van der Waals surface area contributed by atoms with Crippen LogP contribution in [0.4, 0.5) is 0 Å². The zero-order chi connectivity index (χ0) is 15.4. The van der Waals surface area contributed by atoms with Crippen molar-refractivity contribution in [2.24, 2.45) is 0 Å². The Morgan fingerprint density at radius 1 is 1.23 bits per heavy atom. The van der Waals surface area contributed by atoms with Crippen molar-refractivity contribution in [2.45, 2.75) is 45.3 Å². The van der Waals surface area contributed by atoms with Crippen molar-refractivity contribution >= 4 is 0 Å². The summed E-state index contributed by atoms with van der Waals surface area (Å²) < 4.78 is 8.03. The van der Waals surface area contributed by atoms with E-state index in [-0.39, 0.29) is 0 Å². The fourth-order valence-electron chi connectivity index (χ4n) is 3.79. The van der Waals surface area contributed by atoms with Crippen LogP contribution in [0.2, 0.25) is 0 Å². The van der Waals surface area contributed by atoms with Crippen molar-refractivity contribution in [2.75, 3.05) is 45.9 Å². The maximum absolute atomic E-state index is 5.63. The van der Waals surface area contributed by atoms with E-state index in [9.17, 15) is 0 Å². The van der Waals surface area contributed by atoms with Gasteiger partial charge in [-0.25, -0.2) is 4.98 Å². The smallest absolute Gasteiger partial charge is 0.108 e. The molecule has 5 nitrogen and oxygen atoms in total. The van der Waals surface area contributed by atoms with Crippen molar-refractivity contribution in [3.05, 3.63) is 18.2 Å². The minimum absolute atomic E-state index is 0.390. The number of nitrogens with zero attached hydrogens (tertiary/aromatic N) is 4. The van der Waals surface area contributed by atoms with E-state index in [1.54, 1.807) is 0 Å². The van der Waals surface area contributed by atoms with Gasteiger partial charge in [0.05, 0.1) is 12.7 Å². The number of hydrogen-bond donors (Lipinski definition) is 0. The van der Waals surface area contributed by atoms with E-state index in [2.05, 4.69) is 39.4 Å². The number of imidazole rings is 1. The van der Waals surface area contributed by atoms with E-state index < -0.39 is 0 Å². The monoisotopic (exact) mass is 306 g/mol. The highest BCUT2D eigenvalue weighted by Gasteiger charge is 2.23. The Hall–Kier alpha value is -0.910. The molecule has 1 aromatic heterocycles. The van der Waals surface area contributed by atoms with Gasteiger partial charge in [-0.05, 0) is 26.3 Å². The molecule has 2 unspecified atom stereocenters. The lowest BCUT2D eigenvalue weighted by atomic mass is 10.1. The van der Waals surface area contributed by atoms with E-state index in [1.165, 1.54) is 44.8 Å². The SMILES string of the molecule is CCc1nccn1C1CCCN(CCN2CCOC(C)C2)C1. The number of hydrogen-bond acceptors (Lipinski definition) is 4. The molecule has 124 valence electrons. The van der Waals surface area contributed by atoms with Gasteiger partial charge in [0, 0.05) is 57.6 Å². The molecular formula is C17H30N4O. The second kappa shape index (κ2) is 7.57. The van der Waals surface area contributed by atoms with Crippen molar-refractivity contribution < 1.29 is 4.74 Å². The van der Waals surface area contributed by atoms with Gasteiger partial charge in [-0.1, -0.05) is 6.92 Å². The summed E-state index contributed by atoms with van der Waals surface area (Å²) in [6.07, 6.45) is 8.11. The van der Waals surface area contributed by atoms with Gasteiger partial charge < -0.3 is 14.2 Å². The van der Waals surface area contributed by atoms with Gasteiger partial charge in [0.15, 0.2) is 0 Å². The van der Waals surface area contributed by atoms with E-state index in [0.29, 0.717) is 12.1 Å². The van der Waals surface area contributed by atoms with Crippen LogP contribution in [0, 0.1) is 0 Å². The van der Waals surface area contributed by atoms with Crippen LogP contribution in [0.25, 0.3) is 0 Å². The van der Waals surface area contributed by atoms with E-state index in [1.807, 2.05) is 6.20 Å². The summed E-state index contributed by atoms with van der Waals surface area (Å²) in [5, 5.41) is 0. The van der Waals surface area contributed by atoms with Gasteiger partial charge in [-0.15, -0.1) is 0 Å². The Balaban J connectivity index is 1.50. The minimum atomic E-state index is 0.390. The van der Waals surface area contributed by atoms with Gasteiger partial charge in [0.2, 0.25) is 0 Å². The molecule has 0 aliphatic carbocycles. The third kappa shape index (κ3) is 3.89. The summed E-state index contributed by atoms with van der Waals surface area (Å²) in [4.78, 5) is 9.67. The second-order valence-electron chi connectivity index (χ2n) is 6.68. The first-order valence-corrected chi connectivity index (χ1v) is 8.84. The van der Waals surface area contributed by atoms with Crippen LogP contribution in [0.5, 0.6) is 0 Å². The molecule has 5 heteroatoms. The third-order valence-corrected chi connectivity index (χ3v) is 5.00. The molecule has 0 radical (unpaired) electrons. The molecule has 3 rings (SSSR count). The Labute approximate surface area is 134 Å². The average molecular weight is 306 g/mol. The lowest BCUT2D eigenvalue weighted by Gasteiger charge is -2.37. The highest BCUT2D eigenvalue weighted by Crippen LogP contribution is 2.23. The summed E-state index contributed by atoms with van der Waals surface area (Å²) in [5.74, 6) is 1.23. The number of rotatable bonds is 5. The molecular weight excluding hydrogens is 276 g/mol. The summed E-state index contributed by atoms with van der Waals surface area (Å²) in [7, 11) is 0. The molecule has 2 saturated heterocycles. The number of morpholine rings is 1. The van der Waals surface area contributed by atoms with Crippen LogP contribution in [-0.2, 0) is 11.2 Å². The summed E-state index contributed by atoms with van der Waals surface area (Å²) in [5.41, 5.74) is 0. The topological polar surface area (TPSA) is 33.5 Å². The van der Waals surface area contributed by atoms with E-state index >= 15 is 0 Å². The summed E-state index contributed by atoms with van der Waals surface area (Å²) in [6.45, 7) is 12.2. The molecule has 0 saturated carbocycles. The number of aromatic nitrogens is 2. The van der Waals surface area contributed by atoms with Gasteiger partial charge in [0.25, 0.3) is 0 Å². The van der Waals surface area contributed by atoms with Crippen LogP contribution in [0.3, 0.4) is 0 Å². The van der Waals surface area contributed by atoms with E-state index in [0.717, 1.165) is 26.1 Å². The quantitative estimate of drug-likeness (QED) is 0.831. The average Bonchev–Trinajstić information content (AvgIpc) is 3.02. The van der Waals surface area contributed by atoms with Crippen LogP contribution < -0.4 is 0 Å². The number of likely N-dealkylation sites (tertiary alicyclic amines) is 1. The predicted octanol–water partition coefficient (Wildman–Crippen LogP) is 1.80. The lowest BCUT2D eigenvalue weighted by molar-refractivity contribution is -0.0215. The Morgan fingerprint density at radius 2 is 2.05 bits per heavy atom. The molecule has 1 aromatic rings. The number of aryl methyl sites for hydroxylation is 1. The zero-order valence-electron chi connectivity index (χ0n) is 14.1. The van der Waals surface area contributed by atoms with Crippen LogP contribution in [-0.4, -0.2) is 71.3 Å². The van der Waals surface area contributed by atoms with Crippen LogP contribution in [0.1, 0.15) is 38.6 Å². The van der Waals surface area contributed by atoms with Crippen molar-refractivity contribution in [3.8, 4) is 0 Å². The van der Waals surface area contributed by atoms with Gasteiger partial charge >= 0.3 is 0 Å². The first-order chi connectivity index (χ1) is 10.8. The molecule has 22 heavy (non-hydrogen) atoms.